The lowest BCUT2D eigenvalue weighted by Gasteiger charge is -2.31. The van der Waals surface area contributed by atoms with Gasteiger partial charge >= 0.3 is 0 Å². The van der Waals surface area contributed by atoms with Crippen molar-refractivity contribution < 1.29 is 9.59 Å². The smallest absolute Gasteiger partial charge is 0.243 e. The molecular weight excluding hydrogens is 532 g/mol. The fraction of sp³-hybridized carbons (Fsp3) is 0.259. The van der Waals surface area contributed by atoms with Gasteiger partial charge < -0.3 is 10.2 Å². The Hall–Kier alpha value is -2.28. The Kier molecular flexibility index (Phi) is 10.5. The van der Waals surface area contributed by atoms with E-state index >= 15 is 0 Å². The van der Waals surface area contributed by atoms with Crippen LogP contribution in [-0.4, -0.2) is 35.1 Å². The molecule has 0 aromatic heterocycles. The lowest BCUT2D eigenvalue weighted by atomic mass is 10.0. The molecule has 1 atom stereocenters. The first-order valence-electron chi connectivity index (χ1n) is 11.1. The molecule has 0 radical (unpaired) electrons. The number of amides is 2. The highest BCUT2D eigenvalue weighted by Crippen LogP contribution is 2.20. The quantitative estimate of drug-likeness (QED) is 0.308. The van der Waals surface area contributed by atoms with E-state index in [1.54, 1.807) is 28.8 Å². The summed E-state index contributed by atoms with van der Waals surface area (Å²) in [7, 11) is 0. The minimum Gasteiger partial charge on any atom is -0.355 e. The van der Waals surface area contributed by atoms with Crippen LogP contribution in [0.25, 0.3) is 0 Å². The second-order valence-corrected chi connectivity index (χ2v) is 10.2. The van der Waals surface area contributed by atoms with E-state index in [-0.39, 0.29) is 17.6 Å². The number of nitrogens with zero attached hydrogens (tertiary/aromatic N) is 1. The highest BCUT2D eigenvalue weighted by molar-refractivity contribution is 9.10. The average Bonchev–Trinajstić information content (AvgIpc) is 2.84. The number of halogens is 2. The number of thioether (sulfide) groups is 1. The third-order valence-corrected chi connectivity index (χ3v) is 7.06. The maximum atomic E-state index is 13.5. The molecule has 3 aromatic rings. The summed E-state index contributed by atoms with van der Waals surface area (Å²) >= 11 is 11.1. The summed E-state index contributed by atoms with van der Waals surface area (Å²) in [6, 6.07) is 24.7. The Morgan fingerprint density at radius 1 is 0.941 bits per heavy atom. The summed E-state index contributed by atoms with van der Waals surface area (Å²) in [4.78, 5) is 28.3. The van der Waals surface area contributed by atoms with Crippen molar-refractivity contribution in [2.45, 2.75) is 31.7 Å². The molecule has 0 aliphatic rings. The normalized spacial score (nSPS) is 11.6. The molecule has 0 unspecified atom stereocenters. The number of carbonyl (C=O) groups excluding carboxylic acids is 2. The van der Waals surface area contributed by atoms with Gasteiger partial charge in [0.2, 0.25) is 11.8 Å². The topological polar surface area (TPSA) is 49.4 Å². The van der Waals surface area contributed by atoms with Crippen LogP contribution >= 0.6 is 39.3 Å². The van der Waals surface area contributed by atoms with Gasteiger partial charge in [0, 0.05) is 34.8 Å². The molecule has 0 spiro atoms. The average molecular weight is 560 g/mol. The fourth-order valence-electron chi connectivity index (χ4n) is 3.55. The third-order valence-electron chi connectivity index (χ3n) is 5.30. The Balaban J connectivity index is 1.81. The second-order valence-electron chi connectivity index (χ2n) is 7.87. The molecule has 4 nitrogen and oxygen atoms in total. The van der Waals surface area contributed by atoms with Crippen molar-refractivity contribution in [2.75, 3.05) is 12.3 Å². The summed E-state index contributed by atoms with van der Waals surface area (Å²) in [6.07, 6.45) is 0.448. The van der Waals surface area contributed by atoms with Gasteiger partial charge in [-0.15, -0.1) is 11.8 Å². The van der Waals surface area contributed by atoms with Gasteiger partial charge in [0.1, 0.15) is 6.04 Å². The number of hydrogen-bond acceptors (Lipinski definition) is 3. The lowest BCUT2D eigenvalue weighted by Crippen LogP contribution is -2.51. The highest BCUT2D eigenvalue weighted by atomic mass is 79.9. The van der Waals surface area contributed by atoms with E-state index in [1.807, 2.05) is 73.7 Å². The Morgan fingerprint density at radius 2 is 1.59 bits per heavy atom. The first-order chi connectivity index (χ1) is 16.5. The molecule has 0 bridgehead atoms. The van der Waals surface area contributed by atoms with Crippen molar-refractivity contribution in [3.8, 4) is 0 Å². The van der Waals surface area contributed by atoms with Gasteiger partial charge in [-0.1, -0.05) is 82.1 Å². The minimum atomic E-state index is -0.612. The maximum absolute atomic E-state index is 13.5. The maximum Gasteiger partial charge on any atom is 0.243 e. The van der Waals surface area contributed by atoms with E-state index in [0.29, 0.717) is 24.5 Å². The minimum absolute atomic E-state index is 0.0655. The summed E-state index contributed by atoms with van der Waals surface area (Å²) in [5.41, 5.74) is 3.09. The molecule has 3 rings (SSSR count). The largest absolute Gasteiger partial charge is 0.355 e. The number of hydrogen-bond donors (Lipinski definition) is 1. The summed E-state index contributed by atoms with van der Waals surface area (Å²) < 4.78 is 1.03. The lowest BCUT2D eigenvalue weighted by molar-refractivity contribution is -0.139. The van der Waals surface area contributed by atoms with Gasteiger partial charge in [0.05, 0.1) is 5.75 Å². The third kappa shape index (κ3) is 8.19. The Morgan fingerprint density at radius 3 is 2.24 bits per heavy atom. The van der Waals surface area contributed by atoms with E-state index in [2.05, 4.69) is 21.2 Å². The zero-order valence-electron chi connectivity index (χ0n) is 19.0. The molecule has 1 N–H and O–H groups in total. The van der Waals surface area contributed by atoms with Crippen LogP contribution in [0.3, 0.4) is 0 Å². The van der Waals surface area contributed by atoms with Gasteiger partial charge in [-0.05, 0) is 47.9 Å². The van der Waals surface area contributed by atoms with Crippen LogP contribution in [0.2, 0.25) is 5.02 Å². The zero-order chi connectivity index (χ0) is 24.3. The molecule has 178 valence electrons. The summed E-state index contributed by atoms with van der Waals surface area (Å²) in [6.45, 7) is 2.73. The molecular formula is C27H28BrClN2O2S. The van der Waals surface area contributed by atoms with Gasteiger partial charge in [-0.2, -0.15) is 0 Å². The van der Waals surface area contributed by atoms with Gasteiger partial charge in [0.15, 0.2) is 0 Å². The number of likely N-dealkylation sites (N-methyl/N-ethyl adjacent to an activating group) is 1. The molecule has 0 saturated carbocycles. The summed E-state index contributed by atoms with van der Waals surface area (Å²) in [5, 5.41) is 3.55. The molecule has 0 heterocycles. The van der Waals surface area contributed by atoms with Crippen LogP contribution < -0.4 is 5.32 Å². The molecule has 3 aromatic carbocycles. The first kappa shape index (κ1) is 26.3. The molecule has 0 aliphatic heterocycles. The van der Waals surface area contributed by atoms with Crippen LogP contribution in [-0.2, 0) is 28.3 Å². The van der Waals surface area contributed by atoms with Crippen molar-refractivity contribution in [1.29, 1.82) is 0 Å². The second kappa shape index (κ2) is 13.6. The number of benzene rings is 3. The van der Waals surface area contributed by atoms with Crippen molar-refractivity contribution in [3.63, 3.8) is 0 Å². The van der Waals surface area contributed by atoms with E-state index in [1.165, 1.54) is 0 Å². The number of nitrogens with one attached hydrogen (secondary N) is 1. The van der Waals surface area contributed by atoms with Crippen LogP contribution in [0, 0.1) is 0 Å². The fourth-order valence-corrected chi connectivity index (χ4v) is 4.81. The molecule has 2 amide bonds. The van der Waals surface area contributed by atoms with Crippen molar-refractivity contribution in [3.05, 3.63) is 105 Å². The van der Waals surface area contributed by atoms with Crippen LogP contribution in [0.15, 0.2) is 83.3 Å². The number of carbonyl (C=O) groups is 2. The van der Waals surface area contributed by atoms with Crippen LogP contribution in [0.1, 0.15) is 23.6 Å². The molecule has 0 aliphatic carbocycles. The first-order valence-corrected chi connectivity index (χ1v) is 13.5. The standard InChI is InChI=1S/C27H28BrClN2O2S/c1-2-30-27(33)25(16-20-6-4-3-5-7-20)31(17-21-10-14-24(29)15-11-21)26(32)19-34-18-22-8-12-23(28)13-9-22/h3-15,25H,2,16-19H2,1H3,(H,30,33)/t25-/m0/s1. The van der Waals surface area contributed by atoms with Crippen LogP contribution in [0.4, 0.5) is 0 Å². The van der Waals surface area contributed by atoms with Crippen molar-refractivity contribution in [1.82, 2.24) is 10.2 Å². The Labute approximate surface area is 219 Å². The Bertz CT molecular complexity index is 1060. The van der Waals surface area contributed by atoms with Crippen molar-refractivity contribution in [2.24, 2.45) is 0 Å². The van der Waals surface area contributed by atoms with Gasteiger partial charge in [-0.25, -0.2) is 0 Å². The summed E-state index contributed by atoms with van der Waals surface area (Å²) in [5.74, 6) is 0.794. The van der Waals surface area contributed by atoms with Crippen LogP contribution in [0.5, 0.6) is 0 Å². The van der Waals surface area contributed by atoms with E-state index < -0.39 is 6.04 Å². The van der Waals surface area contributed by atoms with Gasteiger partial charge in [0.25, 0.3) is 0 Å². The van der Waals surface area contributed by atoms with Crippen molar-refractivity contribution >= 4 is 51.1 Å². The highest BCUT2D eigenvalue weighted by Gasteiger charge is 2.30. The molecule has 0 saturated heterocycles. The predicted octanol–water partition coefficient (Wildman–Crippen LogP) is 6.11. The SMILES string of the molecule is CCNC(=O)[C@H](Cc1ccccc1)N(Cc1ccc(Cl)cc1)C(=O)CSCc1ccc(Br)cc1. The van der Waals surface area contributed by atoms with E-state index in [0.717, 1.165) is 26.9 Å². The number of rotatable bonds is 11. The predicted molar refractivity (Wildman–Crippen MR) is 145 cm³/mol. The molecule has 0 fully saturated rings. The zero-order valence-corrected chi connectivity index (χ0v) is 22.2. The molecule has 34 heavy (non-hydrogen) atoms. The van der Waals surface area contributed by atoms with Gasteiger partial charge in [-0.3, -0.25) is 9.59 Å². The van der Waals surface area contributed by atoms with E-state index in [9.17, 15) is 9.59 Å². The molecule has 7 heteroatoms. The van der Waals surface area contributed by atoms with E-state index in [4.69, 9.17) is 11.6 Å². The monoisotopic (exact) mass is 558 g/mol.